The predicted molar refractivity (Wildman–Crippen MR) is 137 cm³/mol. The molecule has 0 aromatic carbocycles. The summed E-state index contributed by atoms with van der Waals surface area (Å²) in [6, 6.07) is 0. The normalized spacial score (nSPS) is 46.9. The third-order valence-electron chi connectivity index (χ3n) is 12.4. The Morgan fingerprint density at radius 2 is 1.53 bits per heavy atom. The van der Waals surface area contributed by atoms with E-state index in [1.54, 1.807) is 13.8 Å². The summed E-state index contributed by atoms with van der Waals surface area (Å²) in [7, 11) is 0. The fraction of sp³-hybridized carbons (Fsp3) is 1.00. The maximum atomic E-state index is 11.3. The zero-order valence-corrected chi connectivity index (χ0v) is 23.4. The van der Waals surface area contributed by atoms with E-state index in [0.717, 1.165) is 32.3 Å². The van der Waals surface area contributed by atoms with Gasteiger partial charge in [-0.3, -0.25) is 0 Å². The molecule has 9 unspecified atom stereocenters. The molecule has 4 aliphatic rings. The lowest BCUT2D eigenvalue weighted by Crippen LogP contribution is -2.69. The molecule has 34 heavy (non-hydrogen) atoms. The Labute approximate surface area is 209 Å². The molecule has 3 aliphatic carbocycles. The maximum absolute atomic E-state index is 11.3. The first-order valence-corrected chi connectivity index (χ1v) is 14.3. The van der Waals surface area contributed by atoms with Gasteiger partial charge < -0.3 is 20.1 Å². The van der Waals surface area contributed by atoms with Gasteiger partial charge in [-0.2, -0.15) is 0 Å². The predicted octanol–water partition coefficient (Wildman–Crippen LogP) is 6.10. The molecule has 198 valence electrons. The van der Waals surface area contributed by atoms with Crippen molar-refractivity contribution in [2.24, 2.45) is 39.9 Å². The van der Waals surface area contributed by atoms with Crippen molar-refractivity contribution in [3.63, 3.8) is 0 Å². The molecule has 3 N–H and O–H groups in total. The summed E-state index contributed by atoms with van der Waals surface area (Å²) in [6.07, 6.45) is 10.4. The van der Waals surface area contributed by atoms with Crippen LogP contribution >= 0.6 is 0 Å². The number of hydrogen-bond donors (Lipinski definition) is 3. The van der Waals surface area contributed by atoms with Gasteiger partial charge in [-0.1, -0.05) is 27.7 Å². The van der Waals surface area contributed by atoms with Crippen LogP contribution in [0.4, 0.5) is 0 Å². The Bertz CT molecular complexity index is 752. The lowest BCUT2D eigenvalue weighted by atomic mass is 9.37. The zero-order chi connectivity index (χ0) is 25.4. The van der Waals surface area contributed by atoms with Crippen molar-refractivity contribution in [3.8, 4) is 0 Å². The second-order valence-electron chi connectivity index (χ2n) is 14.8. The van der Waals surface area contributed by atoms with E-state index >= 15 is 0 Å². The summed E-state index contributed by atoms with van der Waals surface area (Å²) in [5, 5.41) is 32.0. The second kappa shape index (κ2) is 8.43. The molecule has 1 aliphatic heterocycles. The van der Waals surface area contributed by atoms with Gasteiger partial charge in [-0.25, -0.2) is 0 Å². The lowest BCUT2D eigenvalue weighted by molar-refractivity contribution is -0.291. The van der Waals surface area contributed by atoms with Crippen LogP contribution in [0, 0.1) is 39.9 Å². The van der Waals surface area contributed by atoms with Crippen LogP contribution in [0.2, 0.25) is 0 Å². The summed E-state index contributed by atoms with van der Waals surface area (Å²) in [6.45, 7) is 18.3. The minimum Gasteiger partial charge on any atom is -0.390 e. The SMILES string of the molecule is CC(CCC(O)C(C)(C)O)C1CCC2(C)C3CCC4(C(C)(C)O)OCCCC4C3(C)CCC12C. The minimum absolute atomic E-state index is 0.210. The molecule has 9 atom stereocenters. The summed E-state index contributed by atoms with van der Waals surface area (Å²) in [5.41, 5.74) is -1.43. The van der Waals surface area contributed by atoms with Crippen molar-refractivity contribution < 1.29 is 20.1 Å². The molecule has 4 fully saturated rings. The van der Waals surface area contributed by atoms with Crippen molar-refractivity contribution in [1.29, 1.82) is 0 Å². The largest absolute Gasteiger partial charge is 0.390 e. The van der Waals surface area contributed by atoms with Crippen LogP contribution in [0.5, 0.6) is 0 Å². The fourth-order valence-corrected chi connectivity index (χ4v) is 10.2. The van der Waals surface area contributed by atoms with Crippen LogP contribution in [-0.4, -0.2) is 44.8 Å². The molecule has 1 saturated heterocycles. The van der Waals surface area contributed by atoms with Gasteiger partial charge in [0.15, 0.2) is 0 Å². The van der Waals surface area contributed by atoms with Crippen LogP contribution < -0.4 is 0 Å². The van der Waals surface area contributed by atoms with Crippen LogP contribution in [-0.2, 0) is 4.74 Å². The average Bonchev–Trinajstić information content (AvgIpc) is 3.01. The van der Waals surface area contributed by atoms with E-state index < -0.39 is 22.9 Å². The van der Waals surface area contributed by atoms with Crippen LogP contribution in [0.25, 0.3) is 0 Å². The lowest BCUT2D eigenvalue weighted by Gasteiger charge is -2.69. The molecular weight excluding hydrogens is 424 g/mol. The summed E-state index contributed by atoms with van der Waals surface area (Å²) >= 11 is 0. The molecule has 0 aromatic heterocycles. The smallest absolute Gasteiger partial charge is 0.0995 e. The van der Waals surface area contributed by atoms with Crippen molar-refractivity contribution in [2.45, 2.75) is 143 Å². The van der Waals surface area contributed by atoms with Gasteiger partial charge in [0.05, 0.1) is 22.9 Å². The van der Waals surface area contributed by atoms with Crippen molar-refractivity contribution in [2.75, 3.05) is 6.61 Å². The van der Waals surface area contributed by atoms with E-state index in [4.69, 9.17) is 4.74 Å². The number of ether oxygens (including phenoxy) is 1. The highest BCUT2D eigenvalue weighted by atomic mass is 16.5. The Kier molecular flexibility index (Phi) is 6.67. The van der Waals surface area contributed by atoms with Gasteiger partial charge in [-0.15, -0.1) is 0 Å². The molecule has 4 rings (SSSR count). The van der Waals surface area contributed by atoms with Gasteiger partial charge in [0.25, 0.3) is 0 Å². The monoisotopic (exact) mass is 478 g/mol. The second-order valence-corrected chi connectivity index (χ2v) is 14.8. The Morgan fingerprint density at radius 1 is 0.853 bits per heavy atom. The van der Waals surface area contributed by atoms with Gasteiger partial charge in [-0.05, 0) is 132 Å². The molecule has 1 heterocycles. The van der Waals surface area contributed by atoms with E-state index in [-0.39, 0.29) is 5.41 Å². The summed E-state index contributed by atoms with van der Waals surface area (Å²) < 4.78 is 6.56. The van der Waals surface area contributed by atoms with E-state index in [0.29, 0.717) is 40.9 Å². The van der Waals surface area contributed by atoms with Gasteiger partial charge >= 0.3 is 0 Å². The quantitative estimate of drug-likeness (QED) is 0.431. The standard InChI is InChI=1S/C30H54O4/c1-20(11-12-24(31)25(2,3)32)21-13-15-29(8)22-14-16-30(26(4,5)33)23(10-9-19-34-30)27(22,6)17-18-28(21,29)7/h20-24,31-33H,9-19H2,1-8H3. The van der Waals surface area contributed by atoms with Crippen molar-refractivity contribution >= 4 is 0 Å². The van der Waals surface area contributed by atoms with Gasteiger partial charge in [0, 0.05) is 6.61 Å². The number of rotatable bonds is 6. The Balaban J connectivity index is 1.59. The third-order valence-corrected chi connectivity index (χ3v) is 12.4. The first-order valence-electron chi connectivity index (χ1n) is 14.3. The molecule has 0 bridgehead atoms. The van der Waals surface area contributed by atoms with Crippen LogP contribution in [0.3, 0.4) is 0 Å². The Hall–Kier alpha value is -0.160. The highest BCUT2D eigenvalue weighted by Gasteiger charge is 2.71. The molecule has 4 nitrogen and oxygen atoms in total. The molecule has 0 spiro atoms. The van der Waals surface area contributed by atoms with Crippen LogP contribution in [0.15, 0.2) is 0 Å². The van der Waals surface area contributed by atoms with E-state index in [2.05, 4.69) is 27.7 Å². The molecule has 3 saturated carbocycles. The minimum atomic E-state index is -1.03. The third kappa shape index (κ3) is 3.75. The summed E-state index contributed by atoms with van der Waals surface area (Å²) in [4.78, 5) is 0. The number of fused-ring (bicyclic) bond motifs is 5. The maximum Gasteiger partial charge on any atom is 0.0995 e. The number of aliphatic hydroxyl groups excluding tert-OH is 1. The summed E-state index contributed by atoms with van der Waals surface area (Å²) in [5.74, 6) is 2.30. The van der Waals surface area contributed by atoms with E-state index in [1.807, 2.05) is 13.8 Å². The average molecular weight is 479 g/mol. The highest BCUT2D eigenvalue weighted by molar-refractivity contribution is 5.20. The molecule has 4 heteroatoms. The number of aliphatic hydroxyl groups is 3. The van der Waals surface area contributed by atoms with Crippen molar-refractivity contribution in [1.82, 2.24) is 0 Å². The van der Waals surface area contributed by atoms with Crippen molar-refractivity contribution in [3.05, 3.63) is 0 Å². The Morgan fingerprint density at radius 3 is 2.15 bits per heavy atom. The first kappa shape index (κ1) is 26.9. The number of hydrogen-bond acceptors (Lipinski definition) is 4. The first-order chi connectivity index (χ1) is 15.5. The van der Waals surface area contributed by atoms with Gasteiger partial charge in [0.1, 0.15) is 0 Å². The zero-order valence-electron chi connectivity index (χ0n) is 23.4. The highest BCUT2D eigenvalue weighted by Crippen LogP contribution is 2.75. The topological polar surface area (TPSA) is 69.9 Å². The fourth-order valence-electron chi connectivity index (χ4n) is 10.2. The molecular formula is C30H54O4. The van der Waals surface area contributed by atoms with E-state index in [1.165, 1.54) is 32.1 Å². The molecule has 0 radical (unpaired) electrons. The van der Waals surface area contributed by atoms with E-state index in [9.17, 15) is 15.3 Å². The molecule has 0 aromatic rings. The molecule has 0 amide bonds. The van der Waals surface area contributed by atoms with Gasteiger partial charge in [0.2, 0.25) is 0 Å². The van der Waals surface area contributed by atoms with Crippen LogP contribution in [0.1, 0.15) is 120 Å².